The molecule has 2 bridgehead atoms. The monoisotopic (exact) mass is 431 g/mol. The maximum absolute atomic E-state index is 13.0. The number of amides is 1. The van der Waals surface area contributed by atoms with Crippen LogP contribution in [0.25, 0.3) is 11.1 Å². The van der Waals surface area contributed by atoms with Gasteiger partial charge in [0.15, 0.2) is 0 Å². The number of carbonyl (C=O) groups excluding carboxylic acids is 1. The Labute approximate surface area is 190 Å². The van der Waals surface area contributed by atoms with Gasteiger partial charge in [-0.1, -0.05) is 24.6 Å². The van der Waals surface area contributed by atoms with E-state index in [1.807, 2.05) is 12.4 Å². The molecule has 1 saturated heterocycles. The van der Waals surface area contributed by atoms with Crippen LogP contribution in [0.15, 0.2) is 36.9 Å². The fourth-order valence-electron chi connectivity index (χ4n) is 6.63. The first-order chi connectivity index (χ1) is 15.7. The summed E-state index contributed by atoms with van der Waals surface area (Å²) in [6.07, 6.45) is 12.0. The molecule has 6 rings (SSSR count). The number of nitrogens with zero attached hydrogens (tertiary/aromatic N) is 5. The highest BCUT2D eigenvalue weighted by atomic mass is 16.2. The molecule has 2 aliphatic heterocycles. The van der Waals surface area contributed by atoms with Gasteiger partial charge in [0.1, 0.15) is 6.33 Å². The van der Waals surface area contributed by atoms with E-state index in [9.17, 15) is 4.79 Å². The van der Waals surface area contributed by atoms with Crippen molar-refractivity contribution in [1.29, 1.82) is 0 Å². The van der Waals surface area contributed by atoms with Gasteiger partial charge in [0, 0.05) is 63.3 Å². The summed E-state index contributed by atoms with van der Waals surface area (Å²) in [6.45, 7) is 6.28. The first-order valence-corrected chi connectivity index (χ1v) is 12.3. The van der Waals surface area contributed by atoms with Crippen molar-refractivity contribution in [3.63, 3.8) is 0 Å². The van der Waals surface area contributed by atoms with E-state index in [0.29, 0.717) is 12.5 Å². The average molecular weight is 432 g/mol. The first kappa shape index (κ1) is 20.3. The van der Waals surface area contributed by atoms with Gasteiger partial charge in [-0.15, -0.1) is 0 Å². The lowest BCUT2D eigenvalue weighted by molar-refractivity contribution is -0.134. The van der Waals surface area contributed by atoms with Crippen LogP contribution in [0, 0.1) is 11.8 Å². The van der Waals surface area contributed by atoms with Crippen molar-refractivity contribution < 1.29 is 4.79 Å². The minimum atomic E-state index is 0.305. The third-order valence-electron chi connectivity index (χ3n) is 8.39. The second-order valence-electron chi connectivity index (χ2n) is 10.2. The predicted octanol–water partition coefficient (Wildman–Crippen LogP) is 2.83. The van der Waals surface area contributed by atoms with Gasteiger partial charge in [0.25, 0.3) is 0 Å². The zero-order valence-corrected chi connectivity index (χ0v) is 18.8. The largest absolute Gasteiger partial charge is 0.339 e. The number of benzene rings is 1. The van der Waals surface area contributed by atoms with E-state index >= 15 is 0 Å². The van der Waals surface area contributed by atoms with Crippen LogP contribution in [0.5, 0.6) is 0 Å². The molecule has 1 aromatic heterocycles. The van der Waals surface area contributed by atoms with E-state index in [1.54, 1.807) is 6.33 Å². The van der Waals surface area contributed by atoms with E-state index in [2.05, 4.69) is 42.9 Å². The SMILES string of the molecule is O=C(CN1CCc2cc(-c3cncnc3)ccc2C1)N1CCN(C2C[C@@H]3CC[C@H]2C3)CC1. The molecule has 3 atom stereocenters. The van der Waals surface area contributed by atoms with Crippen LogP contribution in [0.1, 0.15) is 36.8 Å². The summed E-state index contributed by atoms with van der Waals surface area (Å²) < 4.78 is 0. The van der Waals surface area contributed by atoms with Crippen molar-refractivity contribution in [1.82, 2.24) is 24.7 Å². The van der Waals surface area contributed by atoms with E-state index in [1.165, 1.54) is 42.4 Å². The molecule has 1 aromatic carbocycles. The molecule has 3 heterocycles. The zero-order chi connectivity index (χ0) is 21.5. The quantitative estimate of drug-likeness (QED) is 0.745. The van der Waals surface area contributed by atoms with Crippen molar-refractivity contribution in [2.45, 2.75) is 44.7 Å². The molecule has 6 nitrogen and oxygen atoms in total. The van der Waals surface area contributed by atoms with E-state index in [-0.39, 0.29) is 0 Å². The summed E-state index contributed by atoms with van der Waals surface area (Å²) in [4.78, 5) is 28.4. The van der Waals surface area contributed by atoms with Crippen molar-refractivity contribution >= 4 is 5.91 Å². The lowest BCUT2D eigenvalue weighted by Crippen LogP contribution is -2.54. The smallest absolute Gasteiger partial charge is 0.236 e. The van der Waals surface area contributed by atoms with Crippen LogP contribution in [-0.2, 0) is 17.8 Å². The number of hydrogen-bond acceptors (Lipinski definition) is 5. The zero-order valence-electron chi connectivity index (χ0n) is 18.8. The van der Waals surface area contributed by atoms with Gasteiger partial charge in [0.05, 0.1) is 6.54 Å². The molecule has 32 heavy (non-hydrogen) atoms. The van der Waals surface area contributed by atoms with E-state index in [0.717, 1.165) is 69.1 Å². The second kappa shape index (κ2) is 8.56. The lowest BCUT2D eigenvalue weighted by atomic mass is 9.93. The molecule has 0 radical (unpaired) electrons. The molecule has 0 spiro atoms. The molecule has 6 heteroatoms. The summed E-state index contributed by atoms with van der Waals surface area (Å²) in [5.41, 5.74) is 4.94. The van der Waals surface area contributed by atoms with Crippen molar-refractivity contribution in [2.24, 2.45) is 11.8 Å². The van der Waals surface area contributed by atoms with Crippen molar-refractivity contribution in [3.8, 4) is 11.1 Å². The van der Waals surface area contributed by atoms with Crippen molar-refractivity contribution in [2.75, 3.05) is 39.3 Å². The number of aromatic nitrogens is 2. The summed E-state index contributed by atoms with van der Waals surface area (Å²) in [5, 5.41) is 0. The highest BCUT2D eigenvalue weighted by Crippen LogP contribution is 2.46. The van der Waals surface area contributed by atoms with Gasteiger partial charge in [-0.2, -0.15) is 0 Å². The standard InChI is InChI=1S/C26H33N5O/c32-26(31-9-7-30(8-10-31)25-12-19-1-2-22(25)11-19)17-29-6-5-21-13-20(3-4-23(21)16-29)24-14-27-18-28-15-24/h3-4,13-15,18-19,22,25H,1-2,5-12,16-17H2/t19-,22+,25?/m1/s1. The molecule has 2 aliphatic carbocycles. The minimum absolute atomic E-state index is 0.305. The third kappa shape index (κ3) is 3.95. The Morgan fingerprint density at radius 2 is 1.78 bits per heavy atom. The van der Waals surface area contributed by atoms with Gasteiger partial charge in [-0.3, -0.25) is 14.6 Å². The van der Waals surface area contributed by atoms with E-state index in [4.69, 9.17) is 0 Å². The average Bonchev–Trinajstić information content (AvgIpc) is 3.48. The first-order valence-electron chi connectivity index (χ1n) is 12.3. The van der Waals surface area contributed by atoms with Crippen LogP contribution in [0.2, 0.25) is 0 Å². The minimum Gasteiger partial charge on any atom is -0.339 e. The van der Waals surface area contributed by atoms with E-state index < -0.39 is 0 Å². The van der Waals surface area contributed by atoms with Crippen LogP contribution in [-0.4, -0.2) is 75.9 Å². The summed E-state index contributed by atoms with van der Waals surface area (Å²) in [5.74, 6) is 2.23. The van der Waals surface area contributed by atoms with Gasteiger partial charge in [0.2, 0.25) is 5.91 Å². The number of carbonyl (C=O) groups is 1. The summed E-state index contributed by atoms with van der Waals surface area (Å²) in [7, 11) is 0. The van der Waals surface area contributed by atoms with Crippen LogP contribution < -0.4 is 0 Å². The maximum Gasteiger partial charge on any atom is 0.236 e. The van der Waals surface area contributed by atoms with Gasteiger partial charge >= 0.3 is 0 Å². The Balaban J connectivity index is 1.02. The van der Waals surface area contributed by atoms with Crippen LogP contribution >= 0.6 is 0 Å². The third-order valence-corrected chi connectivity index (χ3v) is 8.39. The summed E-state index contributed by atoms with van der Waals surface area (Å²) >= 11 is 0. The van der Waals surface area contributed by atoms with Gasteiger partial charge < -0.3 is 4.90 Å². The molecule has 1 unspecified atom stereocenters. The molecule has 3 fully saturated rings. The Bertz CT molecular complexity index is 971. The molecular formula is C26H33N5O. The summed E-state index contributed by atoms with van der Waals surface area (Å²) in [6, 6.07) is 7.43. The molecule has 168 valence electrons. The number of rotatable bonds is 4. The maximum atomic E-state index is 13.0. The normalized spacial score (nSPS) is 28.1. The fourth-order valence-corrected chi connectivity index (χ4v) is 6.63. The molecule has 1 amide bonds. The van der Waals surface area contributed by atoms with Gasteiger partial charge in [-0.05, 0) is 54.2 Å². The molecule has 4 aliphatic rings. The Morgan fingerprint density at radius 1 is 0.938 bits per heavy atom. The molecule has 2 saturated carbocycles. The Morgan fingerprint density at radius 3 is 2.53 bits per heavy atom. The molecule has 2 aromatic rings. The predicted molar refractivity (Wildman–Crippen MR) is 124 cm³/mol. The highest BCUT2D eigenvalue weighted by molar-refractivity contribution is 5.78. The highest BCUT2D eigenvalue weighted by Gasteiger charge is 2.43. The molecular weight excluding hydrogens is 398 g/mol. The Kier molecular flexibility index (Phi) is 5.43. The van der Waals surface area contributed by atoms with Gasteiger partial charge in [-0.25, -0.2) is 9.97 Å². The fraction of sp³-hybridized carbons (Fsp3) is 0.577. The number of piperazine rings is 1. The lowest BCUT2D eigenvalue weighted by Gasteiger charge is -2.41. The molecule has 0 N–H and O–H groups in total. The van der Waals surface area contributed by atoms with Crippen LogP contribution in [0.3, 0.4) is 0 Å². The Hall–Kier alpha value is -2.31. The van der Waals surface area contributed by atoms with Crippen LogP contribution in [0.4, 0.5) is 0 Å². The van der Waals surface area contributed by atoms with Crippen molar-refractivity contribution in [3.05, 3.63) is 48.0 Å². The second-order valence-corrected chi connectivity index (χ2v) is 10.2. The topological polar surface area (TPSA) is 52.6 Å². The number of fused-ring (bicyclic) bond motifs is 3. The number of hydrogen-bond donors (Lipinski definition) is 0.